The summed E-state index contributed by atoms with van der Waals surface area (Å²) < 4.78 is 25.9. The van der Waals surface area contributed by atoms with Crippen molar-refractivity contribution in [3.63, 3.8) is 0 Å². The molecule has 0 fully saturated rings. The van der Waals surface area contributed by atoms with Crippen LogP contribution in [0.3, 0.4) is 0 Å². The van der Waals surface area contributed by atoms with E-state index in [0.29, 0.717) is 16.3 Å². The predicted octanol–water partition coefficient (Wildman–Crippen LogP) is 5.14. The first-order chi connectivity index (χ1) is 12.4. The minimum atomic E-state index is -3.67. The fourth-order valence-electron chi connectivity index (χ4n) is 2.47. The van der Waals surface area contributed by atoms with Gasteiger partial charge in [0.2, 0.25) is 9.84 Å². The lowest BCUT2D eigenvalue weighted by atomic mass is 10.2. The highest BCUT2D eigenvalue weighted by atomic mass is 35.5. The molecule has 4 nitrogen and oxygen atoms in total. The number of benzene rings is 3. The summed E-state index contributed by atoms with van der Waals surface area (Å²) in [6.45, 7) is 0.282. The van der Waals surface area contributed by atoms with E-state index in [-0.39, 0.29) is 27.1 Å². The van der Waals surface area contributed by atoms with E-state index in [0.717, 1.165) is 0 Å². The average molecular weight is 408 g/mol. The Morgan fingerprint density at radius 2 is 1.62 bits per heavy atom. The van der Waals surface area contributed by atoms with Gasteiger partial charge in [-0.15, -0.1) is 0 Å². The Balaban J connectivity index is 1.90. The number of rotatable bonds is 5. The van der Waals surface area contributed by atoms with Crippen LogP contribution < -0.4 is 5.32 Å². The van der Waals surface area contributed by atoms with Gasteiger partial charge < -0.3 is 10.4 Å². The summed E-state index contributed by atoms with van der Waals surface area (Å²) in [5, 5.41) is 13.3. The monoisotopic (exact) mass is 407 g/mol. The summed E-state index contributed by atoms with van der Waals surface area (Å²) in [7, 11) is -3.67. The number of phenolic OH excluding ortho intramolecular Hbond substituents is 1. The summed E-state index contributed by atoms with van der Waals surface area (Å²) >= 11 is 11.7. The van der Waals surface area contributed by atoms with Gasteiger partial charge in [-0.1, -0.05) is 41.4 Å². The van der Waals surface area contributed by atoms with Gasteiger partial charge in [0, 0.05) is 17.3 Å². The Morgan fingerprint density at radius 1 is 0.923 bits per heavy atom. The van der Waals surface area contributed by atoms with Crippen molar-refractivity contribution < 1.29 is 13.5 Å². The molecule has 0 aliphatic carbocycles. The third-order valence-corrected chi connectivity index (χ3v) is 6.24. The fraction of sp³-hybridized carbons (Fsp3) is 0.0526. The number of sulfone groups is 1. The lowest BCUT2D eigenvalue weighted by molar-refractivity contribution is 0.475. The van der Waals surface area contributed by atoms with Crippen molar-refractivity contribution in [3.8, 4) is 5.75 Å². The average Bonchev–Trinajstić information content (AvgIpc) is 2.63. The lowest BCUT2D eigenvalue weighted by Gasteiger charge is -2.13. The Kier molecular flexibility index (Phi) is 5.41. The molecule has 0 atom stereocenters. The van der Waals surface area contributed by atoms with Gasteiger partial charge in [0.05, 0.1) is 14.8 Å². The van der Waals surface area contributed by atoms with Crippen LogP contribution in [-0.2, 0) is 16.4 Å². The zero-order valence-electron chi connectivity index (χ0n) is 13.5. The quantitative estimate of drug-likeness (QED) is 0.574. The number of hydrogen-bond donors (Lipinski definition) is 2. The molecule has 0 heterocycles. The molecule has 0 aromatic heterocycles. The van der Waals surface area contributed by atoms with E-state index in [4.69, 9.17) is 23.2 Å². The first kappa shape index (κ1) is 18.6. The number of anilines is 1. The maximum atomic E-state index is 13.0. The van der Waals surface area contributed by atoms with Gasteiger partial charge in [0.15, 0.2) is 0 Å². The molecule has 0 aliphatic heterocycles. The molecule has 3 rings (SSSR count). The van der Waals surface area contributed by atoms with Crippen LogP contribution in [0.4, 0.5) is 5.69 Å². The van der Waals surface area contributed by atoms with Crippen LogP contribution in [0, 0.1) is 0 Å². The van der Waals surface area contributed by atoms with Crippen molar-refractivity contribution in [2.45, 2.75) is 16.3 Å². The second kappa shape index (κ2) is 7.58. The second-order valence-corrected chi connectivity index (χ2v) is 8.35. The van der Waals surface area contributed by atoms with Crippen LogP contribution in [0.1, 0.15) is 5.56 Å². The van der Waals surface area contributed by atoms with Crippen molar-refractivity contribution in [2.24, 2.45) is 0 Å². The standard InChI is InChI=1S/C19H15Cl2NO3S/c20-14-5-8-16(9-6-14)26(24,25)19-4-2-1-3-13(19)12-22-15-7-10-18(23)17(21)11-15/h1-11,22-23H,12H2. The molecule has 0 amide bonds. The maximum absolute atomic E-state index is 13.0. The van der Waals surface area contributed by atoms with E-state index in [9.17, 15) is 13.5 Å². The van der Waals surface area contributed by atoms with E-state index in [1.54, 1.807) is 48.5 Å². The van der Waals surface area contributed by atoms with E-state index in [2.05, 4.69) is 5.32 Å². The third kappa shape index (κ3) is 3.96. The third-order valence-electron chi connectivity index (χ3n) is 3.82. The van der Waals surface area contributed by atoms with Gasteiger partial charge in [-0.3, -0.25) is 0 Å². The first-order valence-electron chi connectivity index (χ1n) is 7.69. The van der Waals surface area contributed by atoms with Crippen molar-refractivity contribution in [2.75, 3.05) is 5.32 Å². The second-order valence-electron chi connectivity index (χ2n) is 5.58. The van der Waals surface area contributed by atoms with Gasteiger partial charge in [0.25, 0.3) is 0 Å². The first-order valence-corrected chi connectivity index (χ1v) is 9.93. The van der Waals surface area contributed by atoms with Gasteiger partial charge in [-0.2, -0.15) is 0 Å². The smallest absolute Gasteiger partial charge is 0.206 e. The van der Waals surface area contributed by atoms with E-state index >= 15 is 0 Å². The molecule has 0 bridgehead atoms. The minimum absolute atomic E-state index is 0.0112. The molecule has 3 aromatic carbocycles. The lowest BCUT2D eigenvalue weighted by Crippen LogP contribution is -2.09. The molecule has 0 radical (unpaired) electrons. The number of halogens is 2. The predicted molar refractivity (Wildman–Crippen MR) is 104 cm³/mol. The largest absolute Gasteiger partial charge is 0.506 e. The molecular weight excluding hydrogens is 393 g/mol. The SMILES string of the molecule is O=S(=O)(c1ccc(Cl)cc1)c1ccccc1CNc1ccc(O)c(Cl)c1. The van der Waals surface area contributed by atoms with Crippen LogP contribution in [0.25, 0.3) is 0 Å². The Morgan fingerprint density at radius 3 is 2.31 bits per heavy atom. The summed E-state index contributed by atoms with van der Waals surface area (Å²) in [6.07, 6.45) is 0. The van der Waals surface area contributed by atoms with E-state index in [1.165, 1.54) is 18.2 Å². The van der Waals surface area contributed by atoms with Crippen LogP contribution >= 0.6 is 23.2 Å². The van der Waals surface area contributed by atoms with Crippen LogP contribution in [0.15, 0.2) is 76.5 Å². The summed E-state index contributed by atoms with van der Waals surface area (Å²) in [5.41, 5.74) is 1.29. The van der Waals surface area contributed by atoms with E-state index in [1.807, 2.05) is 0 Å². The van der Waals surface area contributed by atoms with Crippen molar-refractivity contribution in [3.05, 3.63) is 82.3 Å². The molecule has 26 heavy (non-hydrogen) atoms. The Labute approximate surface area is 161 Å². The van der Waals surface area contributed by atoms with Crippen LogP contribution in [0.5, 0.6) is 5.75 Å². The molecule has 0 spiro atoms. The normalized spacial score (nSPS) is 11.3. The van der Waals surface area contributed by atoms with Gasteiger partial charge in [-0.05, 0) is 54.1 Å². The van der Waals surface area contributed by atoms with E-state index < -0.39 is 9.84 Å². The molecular formula is C19H15Cl2NO3S. The summed E-state index contributed by atoms with van der Waals surface area (Å²) in [5.74, 6) is -0.0112. The Bertz CT molecular complexity index is 1030. The molecule has 7 heteroatoms. The molecule has 0 saturated carbocycles. The molecule has 0 aliphatic rings. The molecule has 2 N–H and O–H groups in total. The highest BCUT2D eigenvalue weighted by Gasteiger charge is 2.20. The van der Waals surface area contributed by atoms with Crippen molar-refractivity contribution in [1.82, 2.24) is 0 Å². The maximum Gasteiger partial charge on any atom is 0.206 e. The highest BCUT2D eigenvalue weighted by molar-refractivity contribution is 7.91. The minimum Gasteiger partial charge on any atom is -0.506 e. The molecule has 134 valence electrons. The summed E-state index contributed by atoms with van der Waals surface area (Å²) in [6, 6.07) is 17.6. The topological polar surface area (TPSA) is 66.4 Å². The zero-order chi connectivity index (χ0) is 18.7. The number of hydrogen-bond acceptors (Lipinski definition) is 4. The molecule has 0 saturated heterocycles. The molecule has 3 aromatic rings. The zero-order valence-corrected chi connectivity index (χ0v) is 15.8. The van der Waals surface area contributed by atoms with Crippen LogP contribution in [-0.4, -0.2) is 13.5 Å². The van der Waals surface area contributed by atoms with Crippen LogP contribution in [0.2, 0.25) is 10.0 Å². The number of nitrogens with one attached hydrogen (secondary N) is 1. The molecule has 0 unspecified atom stereocenters. The highest BCUT2D eigenvalue weighted by Crippen LogP contribution is 2.28. The van der Waals surface area contributed by atoms with Gasteiger partial charge in [0.1, 0.15) is 5.75 Å². The summed E-state index contributed by atoms with van der Waals surface area (Å²) in [4.78, 5) is 0.404. The number of aromatic hydroxyl groups is 1. The van der Waals surface area contributed by atoms with Crippen molar-refractivity contribution in [1.29, 1.82) is 0 Å². The number of phenols is 1. The fourth-order valence-corrected chi connectivity index (χ4v) is 4.26. The van der Waals surface area contributed by atoms with Gasteiger partial charge >= 0.3 is 0 Å². The van der Waals surface area contributed by atoms with Crippen molar-refractivity contribution >= 4 is 38.7 Å². The Hall–Kier alpha value is -2.21. The van der Waals surface area contributed by atoms with Gasteiger partial charge in [-0.25, -0.2) is 8.42 Å².